The molecule has 0 aliphatic heterocycles. The van der Waals surface area contributed by atoms with Gasteiger partial charge in [-0.05, 0) is 32.9 Å². The lowest BCUT2D eigenvalue weighted by atomic mass is 10.0. The summed E-state index contributed by atoms with van der Waals surface area (Å²) in [6, 6.07) is 0.372. The van der Waals surface area contributed by atoms with E-state index in [1.165, 1.54) is 219 Å². The van der Waals surface area contributed by atoms with Crippen molar-refractivity contribution in [2.24, 2.45) is 0 Å². The molecule has 4 heteroatoms. The first-order chi connectivity index (χ1) is 23.2. The molecule has 4 nitrogen and oxygen atoms in total. The first-order valence-corrected chi connectivity index (χ1v) is 21.9. The molecule has 1 unspecified atom stereocenters. The summed E-state index contributed by atoms with van der Waals surface area (Å²) in [6.45, 7) is 12.0. The van der Waals surface area contributed by atoms with E-state index in [9.17, 15) is 10.2 Å². The van der Waals surface area contributed by atoms with Crippen molar-refractivity contribution in [1.29, 1.82) is 0 Å². The highest BCUT2D eigenvalue weighted by molar-refractivity contribution is 4.72. The fraction of sp³-hybridized carbons (Fsp3) is 1.00. The summed E-state index contributed by atoms with van der Waals surface area (Å²) in [7, 11) is 0. The van der Waals surface area contributed by atoms with Crippen LogP contribution in [0.25, 0.3) is 0 Å². The van der Waals surface area contributed by atoms with Gasteiger partial charge in [0.05, 0.1) is 13.2 Å². The van der Waals surface area contributed by atoms with E-state index < -0.39 is 0 Å². The third-order valence-corrected chi connectivity index (χ3v) is 10.6. The highest BCUT2D eigenvalue weighted by Gasteiger charge is 2.16. The Bertz CT molecular complexity index is 518. The van der Waals surface area contributed by atoms with E-state index in [2.05, 4.69) is 30.6 Å². The predicted octanol–water partition coefficient (Wildman–Crippen LogP) is 12.5. The summed E-state index contributed by atoms with van der Waals surface area (Å²) in [6.07, 6.45) is 45.5. The third kappa shape index (κ3) is 35.5. The van der Waals surface area contributed by atoms with Crippen molar-refractivity contribution < 1.29 is 10.2 Å². The number of aliphatic hydroxyl groups excluding tert-OH is 2. The maximum atomic E-state index is 9.53. The van der Waals surface area contributed by atoms with Crippen LogP contribution in [0.1, 0.15) is 226 Å². The van der Waals surface area contributed by atoms with Gasteiger partial charge in [0.1, 0.15) is 0 Å². The molecule has 0 aromatic carbocycles. The number of hydrogen-bond donors (Lipinski definition) is 2. The summed E-state index contributed by atoms with van der Waals surface area (Å²) in [5.41, 5.74) is 0. The Morgan fingerprint density at radius 2 is 0.574 bits per heavy atom. The summed E-state index contributed by atoms with van der Waals surface area (Å²) < 4.78 is 0. The highest BCUT2D eigenvalue weighted by atomic mass is 16.3. The largest absolute Gasteiger partial charge is 0.395 e. The minimum Gasteiger partial charge on any atom is -0.395 e. The van der Waals surface area contributed by atoms with Crippen molar-refractivity contribution in [2.75, 3.05) is 45.9 Å². The summed E-state index contributed by atoms with van der Waals surface area (Å²) in [4.78, 5) is 4.95. The summed E-state index contributed by atoms with van der Waals surface area (Å²) >= 11 is 0. The lowest BCUT2D eigenvalue weighted by Crippen LogP contribution is -2.45. The molecular weight excluding hydrogens is 576 g/mol. The molecular formula is C43H90N2O2. The van der Waals surface area contributed by atoms with Crippen molar-refractivity contribution >= 4 is 0 Å². The fourth-order valence-corrected chi connectivity index (χ4v) is 7.36. The van der Waals surface area contributed by atoms with Gasteiger partial charge in [0, 0.05) is 25.7 Å². The number of rotatable bonds is 41. The molecule has 0 saturated carbocycles. The minimum atomic E-state index is 0.169. The van der Waals surface area contributed by atoms with Crippen LogP contribution in [0.4, 0.5) is 0 Å². The number of nitrogens with zero attached hydrogens (tertiary/aromatic N) is 2. The average Bonchev–Trinajstić information content (AvgIpc) is 3.07. The lowest BCUT2D eigenvalue weighted by molar-refractivity contribution is 0.101. The monoisotopic (exact) mass is 667 g/mol. The molecule has 0 bridgehead atoms. The Hall–Kier alpha value is -0.160. The zero-order chi connectivity index (χ0) is 34.3. The van der Waals surface area contributed by atoms with Crippen LogP contribution in [0.3, 0.4) is 0 Å². The van der Waals surface area contributed by atoms with Gasteiger partial charge in [-0.2, -0.15) is 0 Å². The predicted molar refractivity (Wildman–Crippen MR) is 211 cm³/mol. The van der Waals surface area contributed by atoms with E-state index in [1.807, 2.05) is 0 Å². The van der Waals surface area contributed by atoms with Crippen LogP contribution in [0.2, 0.25) is 0 Å². The highest BCUT2D eigenvalue weighted by Crippen LogP contribution is 2.16. The Labute approximate surface area is 297 Å². The van der Waals surface area contributed by atoms with Gasteiger partial charge in [0.15, 0.2) is 0 Å². The van der Waals surface area contributed by atoms with E-state index in [-0.39, 0.29) is 13.2 Å². The van der Waals surface area contributed by atoms with E-state index in [0.717, 1.165) is 6.54 Å². The smallest absolute Gasteiger partial charge is 0.0558 e. The summed E-state index contributed by atoms with van der Waals surface area (Å²) in [5, 5.41) is 19.1. The maximum absolute atomic E-state index is 9.53. The van der Waals surface area contributed by atoms with Gasteiger partial charge in [0.2, 0.25) is 0 Å². The lowest BCUT2D eigenvalue weighted by Gasteiger charge is -2.33. The molecule has 47 heavy (non-hydrogen) atoms. The van der Waals surface area contributed by atoms with Crippen LogP contribution in [0.5, 0.6) is 0 Å². The van der Waals surface area contributed by atoms with Crippen molar-refractivity contribution in [2.45, 2.75) is 232 Å². The van der Waals surface area contributed by atoms with Crippen molar-refractivity contribution in [3.8, 4) is 0 Å². The molecule has 0 aromatic heterocycles. The average molecular weight is 667 g/mol. The van der Waals surface area contributed by atoms with Crippen molar-refractivity contribution in [3.63, 3.8) is 0 Å². The second-order valence-electron chi connectivity index (χ2n) is 15.2. The first kappa shape index (κ1) is 46.8. The molecule has 0 aliphatic carbocycles. The molecule has 0 radical (unpaired) electrons. The van der Waals surface area contributed by atoms with Crippen LogP contribution in [-0.4, -0.2) is 72.0 Å². The number of aliphatic hydroxyl groups is 2. The topological polar surface area (TPSA) is 46.9 Å². The molecule has 0 spiro atoms. The molecule has 0 aromatic rings. The molecule has 284 valence electrons. The molecule has 0 amide bonds. The van der Waals surface area contributed by atoms with Crippen LogP contribution in [0.15, 0.2) is 0 Å². The van der Waals surface area contributed by atoms with Crippen molar-refractivity contribution in [1.82, 2.24) is 9.80 Å². The molecule has 0 rings (SSSR count). The van der Waals surface area contributed by atoms with Gasteiger partial charge in [-0.3, -0.25) is 4.90 Å². The second-order valence-corrected chi connectivity index (χ2v) is 15.2. The Morgan fingerprint density at radius 1 is 0.340 bits per heavy atom. The van der Waals surface area contributed by atoms with E-state index in [1.54, 1.807) is 0 Å². The third-order valence-electron chi connectivity index (χ3n) is 10.6. The molecule has 1 atom stereocenters. The van der Waals surface area contributed by atoms with Gasteiger partial charge >= 0.3 is 0 Å². The van der Waals surface area contributed by atoms with E-state index >= 15 is 0 Å². The number of hydrogen-bond acceptors (Lipinski definition) is 4. The normalized spacial score (nSPS) is 12.6. The van der Waals surface area contributed by atoms with Gasteiger partial charge < -0.3 is 15.1 Å². The second kappa shape index (κ2) is 40.3. The molecule has 0 fully saturated rings. The van der Waals surface area contributed by atoms with Gasteiger partial charge in [0.25, 0.3) is 0 Å². The molecule has 0 saturated heterocycles. The zero-order valence-corrected chi connectivity index (χ0v) is 32.9. The van der Waals surface area contributed by atoms with Crippen molar-refractivity contribution in [3.05, 3.63) is 0 Å². The maximum Gasteiger partial charge on any atom is 0.0558 e. The molecule has 0 aliphatic rings. The Kier molecular flexibility index (Phi) is 40.1. The molecule has 2 N–H and O–H groups in total. The van der Waals surface area contributed by atoms with Gasteiger partial charge in [-0.1, -0.05) is 206 Å². The van der Waals surface area contributed by atoms with E-state index in [0.29, 0.717) is 19.1 Å². The molecule has 0 heterocycles. The summed E-state index contributed by atoms with van der Waals surface area (Å²) in [5.74, 6) is 0. The SMILES string of the molecule is CCCCCCCCCCCCCCCCCCN(CCCCCCCCCCCCCCCCCC)CC(C)N(CCO)CCO. The first-order valence-electron chi connectivity index (χ1n) is 21.9. The quantitative estimate of drug-likeness (QED) is 0.0638. The van der Waals surface area contributed by atoms with Gasteiger partial charge in [-0.15, -0.1) is 0 Å². The Morgan fingerprint density at radius 3 is 0.809 bits per heavy atom. The zero-order valence-electron chi connectivity index (χ0n) is 32.9. The number of unbranched alkanes of at least 4 members (excludes halogenated alkanes) is 30. The van der Waals surface area contributed by atoms with Crippen LogP contribution < -0.4 is 0 Å². The minimum absolute atomic E-state index is 0.169. The van der Waals surface area contributed by atoms with Crippen LogP contribution in [-0.2, 0) is 0 Å². The van der Waals surface area contributed by atoms with Gasteiger partial charge in [-0.25, -0.2) is 0 Å². The van der Waals surface area contributed by atoms with Crippen LogP contribution in [0, 0.1) is 0 Å². The fourth-order valence-electron chi connectivity index (χ4n) is 7.36. The van der Waals surface area contributed by atoms with E-state index in [4.69, 9.17) is 0 Å². The standard InChI is InChI=1S/C43H90N2O2/c1-4-6-8-10-12-14-16-18-20-22-24-26-28-30-32-34-36-44(42-43(3)45(38-40-46)39-41-47)37-35-33-31-29-27-25-23-21-19-17-15-13-11-9-7-5-2/h43,46-47H,4-42H2,1-3H3. The Balaban J connectivity index is 3.99. The van der Waals surface area contributed by atoms with Crippen LogP contribution >= 0.6 is 0 Å².